The van der Waals surface area contributed by atoms with Gasteiger partial charge in [0, 0.05) is 0 Å². The molecule has 0 aromatic heterocycles. The zero-order chi connectivity index (χ0) is 12.1. The summed E-state index contributed by atoms with van der Waals surface area (Å²) in [6.45, 7) is -0.159. The Hall–Kier alpha value is -1.47. The Kier molecular flexibility index (Phi) is 4.89. The molecule has 8 heteroatoms. The van der Waals surface area contributed by atoms with Gasteiger partial charge in [0.15, 0.2) is 6.61 Å². The minimum atomic E-state index is -4.59. The number of alkyl halides is 3. The number of nitrogens with one attached hydrogen (secondary N) is 1. The number of hydrogen-bond donors (Lipinski definition) is 2. The fraction of sp³-hybridized carbons (Fsp3) is 0.714. The summed E-state index contributed by atoms with van der Waals surface area (Å²) in [6.07, 6.45) is -5.74. The minimum Gasteiger partial charge on any atom is -0.440 e. The Morgan fingerprint density at radius 3 is 2.33 bits per heavy atom. The molecule has 0 saturated heterocycles. The first-order valence-corrected chi connectivity index (χ1v) is 4.05. The highest BCUT2D eigenvalue weighted by Crippen LogP contribution is 2.14. The third-order valence-corrected chi connectivity index (χ3v) is 1.41. The molecule has 0 heterocycles. The molecule has 2 amide bonds. The smallest absolute Gasteiger partial charge is 0.422 e. The highest BCUT2D eigenvalue weighted by molar-refractivity contribution is 5.84. The van der Waals surface area contributed by atoms with Crippen molar-refractivity contribution in [2.45, 2.75) is 25.6 Å². The first-order valence-electron chi connectivity index (χ1n) is 4.05. The van der Waals surface area contributed by atoms with Crippen molar-refractivity contribution >= 4 is 12.0 Å². The number of carbonyl (C=O) groups is 2. The number of carbonyl (C=O) groups excluding carboxylic acids is 2. The van der Waals surface area contributed by atoms with Crippen molar-refractivity contribution in [3.63, 3.8) is 0 Å². The van der Waals surface area contributed by atoms with Gasteiger partial charge in [0.25, 0.3) is 0 Å². The van der Waals surface area contributed by atoms with Crippen LogP contribution in [0.2, 0.25) is 0 Å². The highest BCUT2D eigenvalue weighted by atomic mass is 19.4. The van der Waals surface area contributed by atoms with Gasteiger partial charge in [-0.05, 0) is 6.42 Å². The molecule has 1 atom stereocenters. The van der Waals surface area contributed by atoms with Crippen molar-refractivity contribution < 1.29 is 27.5 Å². The van der Waals surface area contributed by atoms with Gasteiger partial charge in [-0.1, -0.05) is 6.92 Å². The van der Waals surface area contributed by atoms with Crippen molar-refractivity contribution in [2.75, 3.05) is 6.61 Å². The summed E-state index contributed by atoms with van der Waals surface area (Å²) in [5.41, 5.74) is 4.85. The van der Waals surface area contributed by atoms with E-state index >= 15 is 0 Å². The molecule has 5 nitrogen and oxygen atoms in total. The van der Waals surface area contributed by atoms with Crippen LogP contribution in [0.15, 0.2) is 0 Å². The second kappa shape index (κ2) is 5.42. The normalized spacial score (nSPS) is 13.1. The van der Waals surface area contributed by atoms with E-state index in [0.717, 1.165) is 0 Å². The Morgan fingerprint density at radius 1 is 1.47 bits per heavy atom. The third kappa shape index (κ3) is 6.58. The number of hydrogen-bond acceptors (Lipinski definition) is 3. The second-order valence-electron chi connectivity index (χ2n) is 2.70. The molecule has 0 saturated carbocycles. The summed E-state index contributed by atoms with van der Waals surface area (Å²) in [7, 11) is 0. The van der Waals surface area contributed by atoms with Gasteiger partial charge in [-0.15, -0.1) is 0 Å². The molecular formula is C7H11F3N2O3. The van der Waals surface area contributed by atoms with Crippen molar-refractivity contribution in [1.29, 1.82) is 0 Å². The molecule has 0 bridgehead atoms. The maximum Gasteiger partial charge on any atom is 0.422 e. The zero-order valence-electron chi connectivity index (χ0n) is 7.93. The van der Waals surface area contributed by atoms with Crippen LogP contribution in [0.1, 0.15) is 13.3 Å². The molecule has 0 aliphatic heterocycles. The van der Waals surface area contributed by atoms with Gasteiger partial charge in [0.2, 0.25) is 5.91 Å². The maximum absolute atomic E-state index is 11.6. The van der Waals surface area contributed by atoms with E-state index in [1.165, 1.54) is 0 Å². The van der Waals surface area contributed by atoms with E-state index in [1.807, 2.05) is 5.32 Å². The number of primary amides is 1. The van der Waals surface area contributed by atoms with Gasteiger partial charge >= 0.3 is 12.3 Å². The first-order chi connectivity index (χ1) is 6.76. The molecule has 0 radical (unpaired) electrons. The van der Waals surface area contributed by atoms with Crippen LogP contribution in [0.3, 0.4) is 0 Å². The fourth-order valence-electron chi connectivity index (χ4n) is 0.706. The molecule has 0 fully saturated rings. The highest BCUT2D eigenvalue weighted by Gasteiger charge is 2.30. The van der Waals surface area contributed by atoms with E-state index in [-0.39, 0.29) is 6.42 Å². The van der Waals surface area contributed by atoms with Crippen LogP contribution < -0.4 is 11.1 Å². The molecule has 0 aliphatic carbocycles. The third-order valence-electron chi connectivity index (χ3n) is 1.41. The summed E-state index contributed by atoms with van der Waals surface area (Å²) < 4.78 is 38.6. The van der Waals surface area contributed by atoms with E-state index in [4.69, 9.17) is 5.73 Å². The number of amides is 2. The van der Waals surface area contributed by atoms with Crippen molar-refractivity contribution in [3.05, 3.63) is 0 Å². The molecule has 0 aromatic carbocycles. The van der Waals surface area contributed by atoms with Crippen LogP contribution in [0.5, 0.6) is 0 Å². The first kappa shape index (κ1) is 13.5. The van der Waals surface area contributed by atoms with E-state index in [1.54, 1.807) is 6.92 Å². The second-order valence-corrected chi connectivity index (χ2v) is 2.70. The van der Waals surface area contributed by atoms with Crippen LogP contribution in [-0.2, 0) is 9.53 Å². The molecule has 0 rings (SSSR count). The summed E-state index contributed by atoms with van der Waals surface area (Å²) in [6, 6.07) is -1.02. The van der Waals surface area contributed by atoms with Gasteiger partial charge in [-0.25, -0.2) is 4.79 Å². The quantitative estimate of drug-likeness (QED) is 0.736. The summed E-state index contributed by atoms with van der Waals surface area (Å²) in [4.78, 5) is 21.3. The van der Waals surface area contributed by atoms with Gasteiger partial charge in [-0.2, -0.15) is 13.2 Å². The van der Waals surface area contributed by atoms with Crippen LogP contribution >= 0.6 is 0 Å². The van der Waals surface area contributed by atoms with Gasteiger partial charge < -0.3 is 15.8 Å². The number of alkyl carbamates (subject to hydrolysis) is 1. The summed E-state index contributed by atoms with van der Waals surface area (Å²) in [5.74, 6) is -0.832. The van der Waals surface area contributed by atoms with Crippen LogP contribution in [-0.4, -0.2) is 30.8 Å². The maximum atomic E-state index is 11.6. The molecule has 0 aromatic rings. The average molecular weight is 228 g/mol. The standard InChI is InChI=1S/C7H11F3N2O3/c1-2-4(5(11)13)12-6(14)15-3-7(8,9)10/h4H,2-3H2,1H3,(H2,11,13)(H,12,14). The van der Waals surface area contributed by atoms with Crippen molar-refractivity contribution in [3.8, 4) is 0 Å². The lowest BCUT2D eigenvalue weighted by atomic mass is 10.2. The van der Waals surface area contributed by atoms with E-state index in [0.29, 0.717) is 0 Å². The number of halogens is 3. The molecule has 88 valence electrons. The lowest BCUT2D eigenvalue weighted by Crippen LogP contribution is -2.44. The molecule has 3 N–H and O–H groups in total. The lowest BCUT2D eigenvalue weighted by Gasteiger charge is -2.13. The Morgan fingerprint density at radius 2 is 2.00 bits per heavy atom. The summed E-state index contributed by atoms with van der Waals surface area (Å²) >= 11 is 0. The average Bonchev–Trinajstić information content (AvgIpc) is 2.09. The number of nitrogens with two attached hydrogens (primary N) is 1. The minimum absolute atomic E-state index is 0.177. The van der Waals surface area contributed by atoms with Crippen LogP contribution in [0.25, 0.3) is 0 Å². The monoisotopic (exact) mass is 228 g/mol. The van der Waals surface area contributed by atoms with Gasteiger partial charge in [-0.3, -0.25) is 4.79 Å². The Labute approximate surface area is 83.8 Å². The summed E-state index contributed by atoms with van der Waals surface area (Å²) in [5, 5.41) is 1.90. The molecule has 1 unspecified atom stereocenters. The van der Waals surface area contributed by atoms with Crippen molar-refractivity contribution in [2.24, 2.45) is 5.73 Å². The Balaban J connectivity index is 3.98. The van der Waals surface area contributed by atoms with E-state index in [9.17, 15) is 22.8 Å². The SMILES string of the molecule is CCC(NC(=O)OCC(F)(F)F)C(N)=O. The molecule has 15 heavy (non-hydrogen) atoms. The number of rotatable bonds is 4. The largest absolute Gasteiger partial charge is 0.440 e. The number of ether oxygens (including phenoxy) is 1. The Bertz CT molecular complexity index is 242. The predicted octanol–water partition coefficient (Wildman–Crippen LogP) is 0.539. The lowest BCUT2D eigenvalue weighted by molar-refractivity contribution is -0.160. The van der Waals surface area contributed by atoms with Crippen molar-refractivity contribution in [1.82, 2.24) is 5.32 Å². The van der Waals surface area contributed by atoms with E-state index < -0.39 is 30.8 Å². The van der Waals surface area contributed by atoms with Gasteiger partial charge in [0.1, 0.15) is 6.04 Å². The molecule has 0 aliphatic rings. The van der Waals surface area contributed by atoms with Gasteiger partial charge in [0.05, 0.1) is 0 Å². The fourth-order valence-corrected chi connectivity index (χ4v) is 0.706. The molecule has 0 spiro atoms. The molecular weight excluding hydrogens is 217 g/mol. The van der Waals surface area contributed by atoms with Crippen LogP contribution in [0.4, 0.5) is 18.0 Å². The topological polar surface area (TPSA) is 81.4 Å². The zero-order valence-corrected chi connectivity index (χ0v) is 7.93. The van der Waals surface area contributed by atoms with E-state index in [2.05, 4.69) is 4.74 Å². The van der Waals surface area contributed by atoms with Crippen LogP contribution in [0, 0.1) is 0 Å². The predicted molar refractivity (Wildman–Crippen MR) is 43.8 cm³/mol.